The first-order valence-corrected chi connectivity index (χ1v) is 28.9. The van der Waals surface area contributed by atoms with Crippen molar-refractivity contribution in [2.45, 2.75) is 147 Å². The van der Waals surface area contributed by atoms with Crippen molar-refractivity contribution >= 4 is 82.8 Å². The van der Waals surface area contributed by atoms with E-state index in [1.165, 1.54) is 31.3 Å². The highest BCUT2D eigenvalue weighted by Crippen LogP contribution is 2.21. The van der Waals surface area contributed by atoms with Crippen molar-refractivity contribution in [2.75, 3.05) is 45.9 Å². The average molecular weight is 1260 g/mol. The Hall–Kier alpha value is -9.31. The molecule has 1 aromatic carbocycles. The Balaban J connectivity index is 1.74. The van der Waals surface area contributed by atoms with E-state index in [0.29, 0.717) is 24.1 Å². The van der Waals surface area contributed by atoms with Crippen molar-refractivity contribution in [2.24, 2.45) is 23.3 Å². The van der Waals surface area contributed by atoms with Crippen molar-refractivity contribution < 1.29 is 77.6 Å². The predicted molar refractivity (Wildman–Crippen MR) is 316 cm³/mol. The maximum Gasteiger partial charge on any atom is 0.322 e. The van der Waals surface area contributed by atoms with Crippen LogP contribution < -0.4 is 75.3 Å². The van der Waals surface area contributed by atoms with Crippen molar-refractivity contribution in [1.82, 2.24) is 78.7 Å². The fourth-order valence-electron chi connectivity index (χ4n) is 8.91. The molecular formula is C55H86N18O16. The molecule has 1 aliphatic rings. The summed E-state index contributed by atoms with van der Waals surface area (Å²) in [7, 11) is 0. The number of carboxylic acid groups (broad SMARTS) is 1. The van der Waals surface area contributed by atoms with E-state index in [0.717, 1.165) is 0 Å². The van der Waals surface area contributed by atoms with Gasteiger partial charge >= 0.3 is 5.97 Å². The van der Waals surface area contributed by atoms with Crippen molar-refractivity contribution in [3.05, 3.63) is 54.1 Å². The number of guanidine groups is 1. The Bertz CT molecular complexity index is 2770. The van der Waals surface area contributed by atoms with Crippen molar-refractivity contribution in [3.63, 3.8) is 0 Å². The molecule has 0 bridgehead atoms. The summed E-state index contributed by atoms with van der Waals surface area (Å²) in [5.41, 5.74) is 12.1. The zero-order chi connectivity index (χ0) is 66.5. The number of aliphatic hydroxyl groups excluding tert-OH is 2. The van der Waals surface area contributed by atoms with Gasteiger partial charge in [0, 0.05) is 32.1 Å². The van der Waals surface area contributed by atoms with Gasteiger partial charge in [0.2, 0.25) is 70.9 Å². The third kappa shape index (κ3) is 25.9. The number of benzene rings is 1. The van der Waals surface area contributed by atoms with Gasteiger partial charge in [0.1, 0.15) is 60.9 Å². The molecule has 3 rings (SSSR count). The second-order valence-electron chi connectivity index (χ2n) is 21.9. The first kappa shape index (κ1) is 73.9. The molecule has 89 heavy (non-hydrogen) atoms. The van der Waals surface area contributed by atoms with Gasteiger partial charge in [-0.1, -0.05) is 58.0 Å². The quantitative estimate of drug-likeness (QED) is 0.0170. The number of carboxylic acids is 1. The van der Waals surface area contributed by atoms with Gasteiger partial charge in [-0.2, -0.15) is 0 Å². The predicted octanol–water partition coefficient (Wildman–Crippen LogP) is -7.19. The van der Waals surface area contributed by atoms with E-state index in [9.17, 15) is 72.5 Å². The lowest BCUT2D eigenvalue weighted by atomic mass is 10.0. The summed E-state index contributed by atoms with van der Waals surface area (Å²) in [5, 5.41) is 65.0. The van der Waals surface area contributed by atoms with Gasteiger partial charge in [-0.3, -0.25) is 67.7 Å². The number of hydrogen-bond donors (Lipinski definition) is 19. The van der Waals surface area contributed by atoms with Gasteiger partial charge in [-0.05, 0) is 63.4 Å². The Morgan fingerprint density at radius 3 is 1.72 bits per heavy atom. The third-order valence-corrected chi connectivity index (χ3v) is 13.7. The number of nitrogens with zero attached hydrogens (tertiary/aromatic N) is 2. The van der Waals surface area contributed by atoms with Crippen LogP contribution in [0.3, 0.4) is 0 Å². The lowest BCUT2D eigenvalue weighted by Crippen LogP contribution is -2.60. The number of nitrogens with one attached hydrogen (secondary N) is 14. The number of nitrogens with two attached hydrogens (primary N) is 2. The van der Waals surface area contributed by atoms with Crippen LogP contribution in [0.25, 0.3) is 0 Å². The van der Waals surface area contributed by atoms with Crippen LogP contribution in [0.15, 0.2) is 42.9 Å². The van der Waals surface area contributed by atoms with E-state index in [1.807, 2.05) is 19.2 Å². The molecular weight excluding hydrogens is 1170 g/mol. The van der Waals surface area contributed by atoms with E-state index in [1.54, 1.807) is 44.2 Å². The van der Waals surface area contributed by atoms with Crippen LogP contribution in [-0.4, -0.2) is 219 Å². The second-order valence-corrected chi connectivity index (χ2v) is 21.9. The Morgan fingerprint density at radius 1 is 0.640 bits per heavy atom. The molecule has 0 aliphatic carbocycles. The van der Waals surface area contributed by atoms with Crippen LogP contribution in [0.5, 0.6) is 0 Å². The summed E-state index contributed by atoms with van der Waals surface area (Å²) < 4.78 is 0. The minimum absolute atomic E-state index is 0.0671. The molecule has 21 N–H and O–H groups in total. The van der Waals surface area contributed by atoms with Gasteiger partial charge in [0.05, 0.1) is 44.4 Å². The summed E-state index contributed by atoms with van der Waals surface area (Å²) in [6.07, 6.45) is 3.24. The van der Waals surface area contributed by atoms with Crippen LogP contribution in [0, 0.1) is 17.2 Å². The fraction of sp³-hybridized carbons (Fsp3) is 0.582. The maximum absolute atomic E-state index is 14.4. The van der Waals surface area contributed by atoms with Crippen molar-refractivity contribution in [3.8, 4) is 0 Å². The van der Waals surface area contributed by atoms with Crippen molar-refractivity contribution in [1.29, 1.82) is 5.41 Å². The molecule has 1 fully saturated rings. The van der Waals surface area contributed by atoms with Crippen LogP contribution in [-0.2, 0) is 75.2 Å². The maximum atomic E-state index is 14.4. The lowest BCUT2D eigenvalue weighted by molar-refractivity contribution is -0.143. The number of likely N-dealkylation sites (tertiary alicyclic amines) is 1. The number of amides is 12. The molecule has 0 spiro atoms. The molecule has 12 amide bonds. The van der Waals surface area contributed by atoms with Crippen LogP contribution in [0.2, 0.25) is 0 Å². The SMILES string of the molecule is CC(C)C[C@H](N)C(=O)N[C@@H](C)C(=O)N[C@@H](CO)C(=O)NCC(=O)N[C@H](C(=O)N1CCC[C@H]1C(=O)N[C@@H](C)C(=O)N[C@@H](Cc1c[nH]cn1)C(=O)N[C@@H](Cc1ccccc1)C(=O)N[C@@H](CCCNC(=N)N)C(=O)NCC(=O)N[C@@H](CO)C(=O)NCC(=O)O)C(C)C. The molecule has 1 saturated heterocycles. The van der Waals surface area contributed by atoms with Gasteiger partial charge in [-0.15, -0.1) is 0 Å². The first-order valence-electron chi connectivity index (χ1n) is 28.9. The lowest BCUT2D eigenvalue weighted by Gasteiger charge is -2.31. The number of aromatic amines is 1. The smallest absolute Gasteiger partial charge is 0.322 e. The number of H-pyrrole nitrogens is 1. The van der Waals surface area contributed by atoms with Crippen LogP contribution in [0.1, 0.15) is 84.9 Å². The number of hydrogen-bond acceptors (Lipinski definition) is 18. The number of carbonyl (C=O) groups is 13. The second kappa shape index (κ2) is 37.4. The first-order chi connectivity index (χ1) is 42.0. The average Bonchev–Trinajstić information content (AvgIpc) is 4.40. The molecule has 0 saturated carbocycles. The summed E-state index contributed by atoms with van der Waals surface area (Å²) in [6, 6.07) is -4.77. The standard InChI is InChI=1S/C55H86N18O16/c1-28(2)18-34(56)47(82)65-30(5)46(81)71-39(26-75)50(85)62-23-42(77)72-44(29(3)4)54(89)73-17-11-15-40(73)53(88)66-31(6)45(80)69-37(20-33-21-59-27-64-33)52(87)70-36(19-32-12-8-7-9-13-32)51(86)68-35(14-10-16-60-55(57)58)48(83)61-22-41(76)67-38(25-74)49(84)63-24-43(78)79/h7-9,12-13,21,27-31,34-40,44,74-75H,10-11,14-20,22-26,56H2,1-6H3,(H,59,64)(H,61,83)(H,62,85)(H,63,84)(H,65,82)(H,66,88)(H,67,76)(H,68,86)(H,69,80)(H,70,87)(H,71,81)(H,72,77)(H,78,79)(H4,57,58,60)/t30-,31-,34-,35-,36-,37-,38-,39-,40-,44-/m0/s1. The van der Waals surface area contributed by atoms with Crippen LogP contribution >= 0.6 is 0 Å². The molecule has 10 atom stereocenters. The Kier molecular flexibility index (Phi) is 31.1. The minimum atomic E-state index is -1.58. The number of imidazole rings is 1. The minimum Gasteiger partial charge on any atom is -0.480 e. The topological polar surface area (TPSA) is 535 Å². The zero-order valence-corrected chi connectivity index (χ0v) is 50.6. The van der Waals surface area contributed by atoms with E-state index in [-0.39, 0.29) is 57.1 Å². The molecule has 1 aliphatic heterocycles. The van der Waals surface area contributed by atoms with Gasteiger partial charge in [0.25, 0.3) is 0 Å². The van der Waals surface area contributed by atoms with Gasteiger partial charge < -0.3 is 100 Å². The molecule has 2 heterocycles. The monoisotopic (exact) mass is 1250 g/mol. The number of rotatable bonds is 37. The van der Waals surface area contributed by atoms with E-state index in [4.69, 9.17) is 22.0 Å². The molecule has 0 unspecified atom stereocenters. The molecule has 34 heteroatoms. The number of aliphatic hydroxyl groups is 2. The number of aromatic nitrogens is 2. The summed E-state index contributed by atoms with van der Waals surface area (Å²) in [6.45, 7) is 5.78. The Morgan fingerprint density at radius 2 is 1.17 bits per heavy atom. The third-order valence-electron chi connectivity index (χ3n) is 13.7. The fourth-order valence-corrected chi connectivity index (χ4v) is 8.91. The largest absolute Gasteiger partial charge is 0.480 e. The molecule has 2 aromatic rings. The van der Waals surface area contributed by atoms with E-state index >= 15 is 0 Å². The molecule has 0 radical (unpaired) electrons. The van der Waals surface area contributed by atoms with Gasteiger partial charge in [0.15, 0.2) is 5.96 Å². The number of aliphatic carboxylic acids is 1. The normalized spacial score (nSPS) is 15.8. The van der Waals surface area contributed by atoms with E-state index < -0.39 is 176 Å². The highest BCUT2D eigenvalue weighted by molar-refractivity contribution is 5.99. The highest BCUT2D eigenvalue weighted by atomic mass is 16.4. The molecule has 34 nitrogen and oxygen atoms in total. The molecule has 492 valence electrons. The highest BCUT2D eigenvalue weighted by Gasteiger charge is 2.40. The summed E-state index contributed by atoms with van der Waals surface area (Å²) in [5.74, 6) is -12.4. The summed E-state index contributed by atoms with van der Waals surface area (Å²) in [4.78, 5) is 180. The Labute approximate surface area is 513 Å². The van der Waals surface area contributed by atoms with Crippen LogP contribution in [0.4, 0.5) is 0 Å². The van der Waals surface area contributed by atoms with Gasteiger partial charge in [-0.25, -0.2) is 4.98 Å². The summed E-state index contributed by atoms with van der Waals surface area (Å²) >= 11 is 0. The number of carbonyl (C=O) groups excluding carboxylic acids is 12. The zero-order valence-electron chi connectivity index (χ0n) is 50.6. The van der Waals surface area contributed by atoms with E-state index in [2.05, 4.69) is 68.5 Å². The molecule has 1 aromatic heterocycles.